The third kappa shape index (κ3) is 11.7. The zero-order chi connectivity index (χ0) is 46.2. The Morgan fingerprint density at radius 1 is 0.516 bits per heavy atom. The number of phenols is 5. The van der Waals surface area contributed by atoms with Crippen LogP contribution in [0.25, 0.3) is 24.3 Å². The number of benzene rings is 3. The van der Waals surface area contributed by atoms with Crippen LogP contribution in [0.15, 0.2) is 88.1 Å². The molecular formula is C43H42O21. The molecule has 0 bridgehead atoms. The van der Waals surface area contributed by atoms with Crippen molar-refractivity contribution in [1.29, 1.82) is 0 Å². The molecular weight excluding hydrogens is 852 g/mol. The minimum absolute atomic E-state index is 0.0281. The molecule has 0 amide bonds. The van der Waals surface area contributed by atoms with E-state index in [9.17, 15) is 70.6 Å². The fourth-order valence-electron chi connectivity index (χ4n) is 6.14. The first-order valence-electron chi connectivity index (χ1n) is 19.1. The Bertz CT molecular complexity index is 2440. The molecule has 11 N–H and O–H groups in total. The number of rotatable bonds is 14. The lowest BCUT2D eigenvalue weighted by Gasteiger charge is -2.39. The first-order chi connectivity index (χ1) is 30.4. The van der Waals surface area contributed by atoms with Crippen molar-refractivity contribution in [2.24, 2.45) is 0 Å². The molecule has 21 heteroatoms. The summed E-state index contributed by atoms with van der Waals surface area (Å²) in [6.45, 7) is -1.25. The average Bonchev–Trinajstić information content (AvgIpc) is 3.26. The van der Waals surface area contributed by atoms with E-state index in [0.717, 1.165) is 24.3 Å². The molecule has 2 fully saturated rings. The summed E-state index contributed by atoms with van der Waals surface area (Å²) in [7, 11) is 0. The van der Waals surface area contributed by atoms with Crippen molar-refractivity contribution in [3.63, 3.8) is 0 Å². The van der Waals surface area contributed by atoms with Crippen molar-refractivity contribution in [2.75, 3.05) is 13.2 Å². The van der Waals surface area contributed by atoms with Crippen LogP contribution in [0.2, 0.25) is 0 Å². The molecule has 10 unspecified atom stereocenters. The van der Waals surface area contributed by atoms with E-state index in [1.54, 1.807) is 0 Å². The van der Waals surface area contributed by atoms with Crippen molar-refractivity contribution < 1.29 is 98.6 Å². The van der Waals surface area contributed by atoms with Gasteiger partial charge >= 0.3 is 17.6 Å². The fourth-order valence-corrected chi connectivity index (χ4v) is 6.14. The van der Waals surface area contributed by atoms with Gasteiger partial charge in [0.1, 0.15) is 73.6 Å². The summed E-state index contributed by atoms with van der Waals surface area (Å²) >= 11 is 0. The number of hydrogen-bond acceptors (Lipinski definition) is 21. The molecule has 1 aromatic heterocycles. The largest absolute Gasteiger partial charge is 0.504 e. The molecule has 0 saturated carbocycles. The Balaban J connectivity index is 1.01. The number of ether oxygens (including phenoxy) is 6. The molecule has 0 aliphatic carbocycles. The Hall–Kier alpha value is -6.95. The smallest absolute Gasteiger partial charge is 0.339 e. The summed E-state index contributed by atoms with van der Waals surface area (Å²) < 4.78 is 37.6. The minimum atomic E-state index is -1.84. The second kappa shape index (κ2) is 20.5. The molecule has 3 heterocycles. The molecule has 2 aliphatic rings. The second-order valence-corrected chi connectivity index (χ2v) is 14.3. The van der Waals surface area contributed by atoms with Gasteiger partial charge in [0.2, 0.25) is 12.6 Å². The van der Waals surface area contributed by atoms with Gasteiger partial charge in [-0.2, -0.15) is 0 Å². The first kappa shape index (κ1) is 46.6. The van der Waals surface area contributed by atoms with E-state index in [4.69, 9.17) is 32.8 Å². The zero-order valence-corrected chi connectivity index (χ0v) is 33.0. The van der Waals surface area contributed by atoms with Crippen molar-refractivity contribution in [3.05, 3.63) is 112 Å². The quantitative estimate of drug-likeness (QED) is 0.0458. The normalized spacial score (nSPS) is 26.0. The van der Waals surface area contributed by atoms with E-state index in [2.05, 4.69) is 0 Å². The number of esters is 2. The van der Waals surface area contributed by atoms with E-state index in [-0.39, 0.29) is 40.1 Å². The summed E-state index contributed by atoms with van der Waals surface area (Å²) in [6, 6.07) is 13.7. The molecule has 10 atom stereocenters. The lowest BCUT2D eigenvalue weighted by molar-refractivity contribution is -0.278. The Morgan fingerprint density at radius 3 is 1.48 bits per heavy atom. The van der Waals surface area contributed by atoms with Crippen LogP contribution >= 0.6 is 0 Å². The third-order valence-electron chi connectivity index (χ3n) is 9.62. The molecule has 21 nitrogen and oxygen atoms in total. The van der Waals surface area contributed by atoms with E-state index >= 15 is 0 Å². The molecule has 4 aromatic rings. The van der Waals surface area contributed by atoms with Gasteiger partial charge in [-0.3, -0.25) is 0 Å². The van der Waals surface area contributed by atoms with Crippen molar-refractivity contribution in [1.82, 2.24) is 0 Å². The van der Waals surface area contributed by atoms with Crippen LogP contribution in [0.4, 0.5) is 0 Å². The average molecular weight is 895 g/mol. The lowest BCUT2D eigenvalue weighted by atomic mass is 9.99. The van der Waals surface area contributed by atoms with Gasteiger partial charge < -0.3 is 89.0 Å². The SMILES string of the molecule is O=C(C=Cc1ccc(OC2OC(COC(=O)C=Cc3ccc(O)c(O)c3)C(O)C(O)C2O)c(O)c1)OCC1OC(Oc2cc(C=Cc3ccc(O)c(O)c3)oc(=O)c2)C(O)C(O)C1O. The maximum Gasteiger partial charge on any atom is 0.339 e. The van der Waals surface area contributed by atoms with Gasteiger partial charge in [-0.05, 0) is 71.3 Å². The first-order valence-corrected chi connectivity index (χ1v) is 19.1. The predicted octanol–water partition coefficient (Wildman–Crippen LogP) is 0.224. The third-order valence-corrected chi connectivity index (χ3v) is 9.62. The highest BCUT2D eigenvalue weighted by Gasteiger charge is 2.47. The predicted molar refractivity (Wildman–Crippen MR) is 216 cm³/mol. The maximum absolute atomic E-state index is 12.6. The highest BCUT2D eigenvalue weighted by molar-refractivity contribution is 5.87. The van der Waals surface area contributed by atoms with Gasteiger partial charge in [-0.15, -0.1) is 0 Å². The Morgan fingerprint density at radius 2 is 0.984 bits per heavy atom. The number of carbonyl (C=O) groups is 2. The van der Waals surface area contributed by atoms with Gasteiger partial charge in [0, 0.05) is 18.2 Å². The fraction of sp³-hybridized carbons (Fsp3) is 0.279. The van der Waals surface area contributed by atoms with Gasteiger partial charge in [-0.1, -0.05) is 24.3 Å². The summed E-state index contributed by atoms with van der Waals surface area (Å²) in [5, 5.41) is 112. The molecule has 0 radical (unpaired) electrons. The van der Waals surface area contributed by atoms with Gasteiger partial charge in [-0.25, -0.2) is 14.4 Å². The molecule has 340 valence electrons. The number of aliphatic hydroxyl groups excluding tert-OH is 6. The molecule has 2 aliphatic heterocycles. The van der Waals surface area contributed by atoms with Gasteiger partial charge in [0.15, 0.2) is 34.5 Å². The molecule has 6 rings (SSSR count). The highest BCUT2D eigenvalue weighted by Crippen LogP contribution is 2.33. The van der Waals surface area contributed by atoms with Crippen molar-refractivity contribution >= 4 is 36.2 Å². The number of phenolic OH excluding ortho intramolecular Hbond substituents is 5. The van der Waals surface area contributed by atoms with Crippen molar-refractivity contribution in [3.8, 4) is 40.2 Å². The Kier molecular flexibility index (Phi) is 14.9. The number of aliphatic hydroxyl groups is 6. The Labute approximate surface area is 361 Å². The second-order valence-electron chi connectivity index (χ2n) is 14.3. The minimum Gasteiger partial charge on any atom is -0.504 e. The van der Waals surface area contributed by atoms with Crippen LogP contribution in [-0.4, -0.2) is 143 Å². The van der Waals surface area contributed by atoms with Crippen molar-refractivity contribution in [2.45, 2.75) is 61.4 Å². The van der Waals surface area contributed by atoms with E-state index in [1.165, 1.54) is 78.9 Å². The van der Waals surface area contributed by atoms with Crippen LogP contribution in [0.3, 0.4) is 0 Å². The van der Waals surface area contributed by atoms with Crippen LogP contribution in [-0.2, 0) is 28.5 Å². The van der Waals surface area contributed by atoms with Crippen LogP contribution in [0.5, 0.6) is 40.2 Å². The summed E-state index contributed by atoms with van der Waals surface area (Å²) in [5.41, 5.74) is 0.158. The topological polar surface area (TPSA) is 342 Å². The molecule has 2 saturated heterocycles. The van der Waals surface area contributed by atoms with E-state index < -0.39 is 104 Å². The van der Waals surface area contributed by atoms with E-state index in [1.807, 2.05) is 0 Å². The standard InChI is InChI=1S/C43H42O21/c44-25-8-2-20(13-27(25)46)1-7-23-16-24(17-35(51)60-23)61-42-40(56)38(54)36(52)31(63-42)18-58-34(50)12-6-22-4-10-30(29(48)15-22)62-43-41(57)39(55)37(53)32(64-43)19-59-33(49)11-5-21-3-9-26(45)28(47)14-21/h1-17,31-32,36-48,52-57H,18-19H2. The van der Waals surface area contributed by atoms with Crippen LogP contribution in [0, 0.1) is 0 Å². The molecule has 0 spiro atoms. The van der Waals surface area contributed by atoms with Crippen LogP contribution in [0.1, 0.15) is 22.5 Å². The number of hydrogen-bond donors (Lipinski definition) is 11. The molecule has 3 aromatic carbocycles. The summed E-state index contributed by atoms with van der Waals surface area (Å²) in [4.78, 5) is 37.1. The summed E-state index contributed by atoms with van der Waals surface area (Å²) in [6.07, 6.45) is -9.73. The number of carbonyl (C=O) groups excluding carboxylic acids is 2. The molecule has 64 heavy (non-hydrogen) atoms. The monoisotopic (exact) mass is 894 g/mol. The number of aromatic hydroxyl groups is 5. The van der Waals surface area contributed by atoms with Gasteiger partial charge in [0.05, 0.1) is 6.07 Å². The van der Waals surface area contributed by atoms with Crippen LogP contribution < -0.4 is 15.1 Å². The lowest BCUT2D eigenvalue weighted by Crippen LogP contribution is -2.60. The summed E-state index contributed by atoms with van der Waals surface area (Å²) in [5.74, 6) is -4.33. The van der Waals surface area contributed by atoms with E-state index in [0.29, 0.717) is 11.1 Å². The highest BCUT2D eigenvalue weighted by atomic mass is 16.7. The maximum atomic E-state index is 12.6. The van der Waals surface area contributed by atoms with Gasteiger partial charge in [0.25, 0.3) is 0 Å². The zero-order valence-electron chi connectivity index (χ0n) is 33.0.